The summed E-state index contributed by atoms with van der Waals surface area (Å²) in [6.45, 7) is 3.78. The molecule has 0 spiro atoms. The number of carbonyl (C=O) groups excluding carboxylic acids is 2. The van der Waals surface area contributed by atoms with E-state index in [2.05, 4.69) is 10.3 Å². The van der Waals surface area contributed by atoms with Crippen molar-refractivity contribution in [1.82, 2.24) is 15.2 Å². The number of hydrogen-bond donors (Lipinski definition) is 1. The summed E-state index contributed by atoms with van der Waals surface area (Å²) in [6, 6.07) is 15.0. The van der Waals surface area contributed by atoms with Crippen LogP contribution in [-0.2, 0) is 16.1 Å². The summed E-state index contributed by atoms with van der Waals surface area (Å²) in [5.74, 6) is -0.331. The fourth-order valence-corrected chi connectivity index (χ4v) is 2.33. The molecular formula is C18H21N3O2. The monoisotopic (exact) mass is 311 g/mol. The van der Waals surface area contributed by atoms with Crippen LogP contribution in [0.2, 0.25) is 0 Å². The molecule has 5 nitrogen and oxygen atoms in total. The number of nitrogens with one attached hydrogen (secondary N) is 1. The van der Waals surface area contributed by atoms with E-state index in [4.69, 9.17) is 0 Å². The van der Waals surface area contributed by atoms with Crippen LogP contribution >= 0.6 is 0 Å². The lowest BCUT2D eigenvalue weighted by Gasteiger charge is -2.28. The summed E-state index contributed by atoms with van der Waals surface area (Å²) in [6.07, 6.45) is 1.68. The molecule has 1 aromatic carbocycles. The zero-order valence-corrected chi connectivity index (χ0v) is 13.4. The number of benzene rings is 1. The van der Waals surface area contributed by atoms with Crippen molar-refractivity contribution in [2.45, 2.75) is 26.4 Å². The number of carbonyl (C=O) groups is 2. The van der Waals surface area contributed by atoms with E-state index in [0.717, 1.165) is 11.3 Å². The zero-order valence-electron chi connectivity index (χ0n) is 13.4. The maximum atomic E-state index is 12.1. The van der Waals surface area contributed by atoms with E-state index in [1.54, 1.807) is 11.1 Å². The first-order valence-electron chi connectivity index (χ1n) is 7.56. The van der Waals surface area contributed by atoms with Gasteiger partial charge in [-0.1, -0.05) is 36.4 Å². The van der Waals surface area contributed by atoms with Gasteiger partial charge in [-0.2, -0.15) is 0 Å². The van der Waals surface area contributed by atoms with Crippen molar-refractivity contribution in [2.75, 3.05) is 6.54 Å². The number of hydrogen-bond acceptors (Lipinski definition) is 3. The minimum absolute atomic E-state index is 0.0260. The lowest BCUT2D eigenvalue weighted by atomic mass is 10.1. The Kier molecular flexibility index (Phi) is 5.86. The first kappa shape index (κ1) is 16.7. The molecule has 23 heavy (non-hydrogen) atoms. The standard InChI is InChI=1S/C18H21N3O2/c1-14(16-8-4-3-5-9-16)21(15(2)22)13-18(23)20-12-17-10-6-7-11-19-17/h3-11,14H,12-13H2,1-2H3,(H,20,23). The van der Waals surface area contributed by atoms with Gasteiger partial charge in [0.15, 0.2) is 0 Å². The Morgan fingerprint density at radius 2 is 1.83 bits per heavy atom. The summed E-state index contributed by atoms with van der Waals surface area (Å²) in [4.78, 5) is 29.7. The minimum Gasteiger partial charge on any atom is -0.349 e. The molecule has 0 radical (unpaired) electrons. The van der Waals surface area contributed by atoms with Gasteiger partial charge in [0.25, 0.3) is 0 Å². The summed E-state index contributed by atoms with van der Waals surface area (Å²) in [5, 5.41) is 2.80. The second-order valence-corrected chi connectivity index (χ2v) is 5.33. The van der Waals surface area contributed by atoms with Crippen LogP contribution in [-0.4, -0.2) is 28.2 Å². The molecule has 0 bridgehead atoms. The van der Waals surface area contributed by atoms with Gasteiger partial charge in [0.05, 0.1) is 18.3 Å². The van der Waals surface area contributed by atoms with Crippen LogP contribution < -0.4 is 5.32 Å². The second kappa shape index (κ2) is 8.08. The van der Waals surface area contributed by atoms with E-state index < -0.39 is 0 Å². The number of pyridine rings is 1. The van der Waals surface area contributed by atoms with E-state index in [1.807, 2.05) is 55.5 Å². The van der Waals surface area contributed by atoms with Crippen LogP contribution in [0.25, 0.3) is 0 Å². The molecule has 1 N–H and O–H groups in total. The van der Waals surface area contributed by atoms with E-state index in [1.165, 1.54) is 6.92 Å². The van der Waals surface area contributed by atoms with Crippen molar-refractivity contribution in [1.29, 1.82) is 0 Å². The topological polar surface area (TPSA) is 62.3 Å². The molecule has 5 heteroatoms. The van der Waals surface area contributed by atoms with Gasteiger partial charge in [-0.05, 0) is 24.6 Å². The third kappa shape index (κ3) is 4.92. The Morgan fingerprint density at radius 3 is 2.43 bits per heavy atom. The van der Waals surface area contributed by atoms with Gasteiger partial charge < -0.3 is 10.2 Å². The fraction of sp³-hybridized carbons (Fsp3) is 0.278. The molecule has 1 aromatic heterocycles. The van der Waals surface area contributed by atoms with Gasteiger partial charge in [0, 0.05) is 13.1 Å². The maximum Gasteiger partial charge on any atom is 0.239 e. The summed E-state index contributed by atoms with van der Waals surface area (Å²) in [7, 11) is 0. The van der Waals surface area contributed by atoms with Gasteiger partial charge in [-0.3, -0.25) is 14.6 Å². The predicted octanol–water partition coefficient (Wildman–Crippen LogP) is 2.31. The first-order chi connectivity index (χ1) is 11.1. The molecule has 0 aliphatic rings. The number of rotatable bonds is 6. The van der Waals surface area contributed by atoms with Crippen LogP contribution in [0.15, 0.2) is 54.7 Å². The second-order valence-electron chi connectivity index (χ2n) is 5.33. The lowest BCUT2D eigenvalue weighted by Crippen LogP contribution is -2.40. The highest BCUT2D eigenvalue weighted by Crippen LogP contribution is 2.19. The Labute approximate surface area is 136 Å². The molecule has 0 aliphatic heterocycles. The number of nitrogens with zero attached hydrogens (tertiary/aromatic N) is 2. The molecule has 0 aliphatic carbocycles. The van der Waals surface area contributed by atoms with Crippen molar-refractivity contribution < 1.29 is 9.59 Å². The molecular weight excluding hydrogens is 290 g/mol. The maximum absolute atomic E-state index is 12.1. The average Bonchev–Trinajstić information content (AvgIpc) is 2.58. The molecule has 1 heterocycles. The number of aromatic nitrogens is 1. The van der Waals surface area contributed by atoms with E-state index in [9.17, 15) is 9.59 Å². The van der Waals surface area contributed by atoms with E-state index in [0.29, 0.717) is 6.54 Å². The molecule has 2 amide bonds. The highest BCUT2D eigenvalue weighted by atomic mass is 16.2. The molecule has 1 unspecified atom stereocenters. The average molecular weight is 311 g/mol. The van der Waals surface area contributed by atoms with Crippen LogP contribution in [0.3, 0.4) is 0 Å². The lowest BCUT2D eigenvalue weighted by molar-refractivity contribution is -0.136. The summed E-state index contributed by atoms with van der Waals surface area (Å²) in [5.41, 5.74) is 1.78. The molecule has 0 saturated heterocycles. The third-order valence-corrected chi connectivity index (χ3v) is 3.66. The quantitative estimate of drug-likeness (QED) is 0.890. The largest absolute Gasteiger partial charge is 0.349 e. The minimum atomic E-state index is -0.200. The van der Waals surface area contributed by atoms with Gasteiger partial charge >= 0.3 is 0 Å². The van der Waals surface area contributed by atoms with Crippen molar-refractivity contribution in [3.05, 3.63) is 66.0 Å². The molecule has 2 aromatic rings. The van der Waals surface area contributed by atoms with Gasteiger partial charge in [0.2, 0.25) is 11.8 Å². The van der Waals surface area contributed by atoms with Crippen LogP contribution in [0.1, 0.15) is 31.1 Å². The summed E-state index contributed by atoms with van der Waals surface area (Å²) < 4.78 is 0. The number of amides is 2. The Balaban J connectivity index is 1.96. The summed E-state index contributed by atoms with van der Waals surface area (Å²) >= 11 is 0. The highest BCUT2D eigenvalue weighted by molar-refractivity contribution is 5.84. The van der Waals surface area contributed by atoms with E-state index in [-0.39, 0.29) is 24.4 Å². The van der Waals surface area contributed by atoms with Gasteiger partial charge in [-0.25, -0.2) is 0 Å². The van der Waals surface area contributed by atoms with Gasteiger partial charge in [-0.15, -0.1) is 0 Å². The van der Waals surface area contributed by atoms with Crippen molar-refractivity contribution in [3.63, 3.8) is 0 Å². The Bertz CT molecular complexity index is 644. The molecule has 0 saturated carbocycles. The Morgan fingerprint density at radius 1 is 1.13 bits per heavy atom. The molecule has 2 rings (SSSR count). The van der Waals surface area contributed by atoms with Crippen LogP contribution in [0.4, 0.5) is 0 Å². The van der Waals surface area contributed by atoms with Crippen LogP contribution in [0, 0.1) is 0 Å². The zero-order chi connectivity index (χ0) is 16.7. The van der Waals surface area contributed by atoms with Crippen molar-refractivity contribution in [3.8, 4) is 0 Å². The SMILES string of the molecule is CC(=O)N(CC(=O)NCc1ccccn1)C(C)c1ccccc1. The Hall–Kier alpha value is -2.69. The predicted molar refractivity (Wildman–Crippen MR) is 88.3 cm³/mol. The molecule has 1 atom stereocenters. The van der Waals surface area contributed by atoms with E-state index >= 15 is 0 Å². The fourth-order valence-electron chi connectivity index (χ4n) is 2.33. The van der Waals surface area contributed by atoms with Gasteiger partial charge in [0.1, 0.15) is 6.54 Å². The third-order valence-electron chi connectivity index (χ3n) is 3.66. The van der Waals surface area contributed by atoms with Crippen molar-refractivity contribution >= 4 is 11.8 Å². The van der Waals surface area contributed by atoms with Crippen molar-refractivity contribution in [2.24, 2.45) is 0 Å². The highest BCUT2D eigenvalue weighted by Gasteiger charge is 2.21. The first-order valence-corrected chi connectivity index (χ1v) is 7.56. The smallest absolute Gasteiger partial charge is 0.239 e. The molecule has 120 valence electrons. The van der Waals surface area contributed by atoms with Crippen LogP contribution in [0.5, 0.6) is 0 Å². The normalized spacial score (nSPS) is 11.6. The molecule has 0 fully saturated rings.